The van der Waals surface area contributed by atoms with Crippen LogP contribution in [0.4, 0.5) is 5.13 Å². The maximum Gasteiger partial charge on any atom is 0.254 e. The van der Waals surface area contributed by atoms with Crippen molar-refractivity contribution in [2.75, 3.05) is 18.4 Å². The minimum absolute atomic E-state index is 0.0858. The summed E-state index contributed by atoms with van der Waals surface area (Å²) in [6, 6.07) is 14.4. The van der Waals surface area contributed by atoms with Crippen molar-refractivity contribution in [3.05, 3.63) is 69.5 Å². The van der Waals surface area contributed by atoms with Crippen LogP contribution in [0.5, 0.6) is 0 Å². The minimum Gasteiger partial charge on any atom is -0.329 e. The molecule has 5 nitrogen and oxygen atoms in total. The molecule has 3 rings (SSSR count). The van der Waals surface area contributed by atoms with E-state index >= 15 is 0 Å². The van der Waals surface area contributed by atoms with Gasteiger partial charge < -0.3 is 10.2 Å². The van der Waals surface area contributed by atoms with Gasteiger partial charge in [-0.25, -0.2) is 4.98 Å². The van der Waals surface area contributed by atoms with Gasteiger partial charge in [0.15, 0.2) is 5.13 Å². The number of thiazole rings is 1. The fourth-order valence-corrected chi connectivity index (χ4v) is 3.91. The Hall–Kier alpha value is -2.41. The zero-order chi connectivity index (χ0) is 21.7. The van der Waals surface area contributed by atoms with E-state index in [9.17, 15) is 9.59 Å². The SMILES string of the molecule is CC(C)CN(CC(=O)Nc1nc(-c2ccccc2)cs1)C(=O)c1ccc(Cl)c(Cl)c1. The summed E-state index contributed by atoms with van der Waals surface area (Å²) in [5.41, 5.74) is 2.16. The van der Waals surface area contributed by atoms with Gasteiger partial charge in [-0.3, -0.25) is 9.59 Å². The van der Waals surface area contributed by atoms with Crippen LogP contribution in [0.2, 0.25) is 10.0 Å². The number of carbonyl (C=O) groups is 2. The van der Waals surface area contributed by atoms with E-state index in [0.29, 0.717) is 27.3 Å². The molecule has 0 saturated carbocycles. The first-order valence-electron chi connectivity index (χ1n) is 9.38. The van der Waals surface area contributed by atoms with E-state index in [1.54, 1.807) is 12.1 Å². The summed E-state index contributed by atoms with van der Waals surface area (Å²) in [5, 5.41) is 5.84. The van der Waals surface area contributed by atoms with Gasteiger partial charge in [-0.1, -0.05) is 67.4 Å². The molecule has 30 heavy (non-hydrogen) atoms. The number of amides is 2. The van der Waals surface area contributed by atoms with Gasteiger partial charge in [-0.05, 0) is 24.1 Å². The maximum absolute atomic E-state index is 13.0. The number of anilines is 1. The molecule has 0 radical (unpaired) electrons. The Labute approximate surface area is 189 Å². The van der Waals surface area contributed by atoms with Crippen molar-refractivity contribution in [3.63, 3.8) is 0 Å². The van der Waals surface area contributed by atoms with E-state index in [-0.39, 0.29) is 24.3 Å². The van der Waals surface area contributed by atoms with Crippen molar-refractivity contribution < 1.29 is 9.59 Å². The Morgan fingerprint density at radius 3 is 2.50 bits per heavy atom. The van der Waals surface area contributed by atoms with Crippen LogP contribution >= 0.6 is 34.5 Å². The first-order chi connectivity index (χ1) is 14.3. The van der Waals surface area contributed by atoms with Crippen molar-refractivity contribution in [2.24, 2.45) is 5.92 Å². The Morgan fingerprint density at radius 2 is 1.83 bits per heavy atom. The van der Waals surface area contributed by atoms with Crippen LogP contribution in [0.1, 0.15) is 24.2 Å². The highest BCUT2D eigenvalue weighted by atomic mass is 35.5. The number of nitrogens with zero attached hydrogens (tertiary/aromatic N) is 2. The normalized spacial score (nSPS) is 10.8. The second kappa shape index (κ2) is 10.1. The molecule has 0 spiro atoms. The predicted octanol–water partition coefficient (Wildman–Crippen LogP) is 5.85. The molecule has 1 aromatic heterocycles. The molecule has 156 valence electrons. The molecule has 2 amide bonds. The van der Waals surface area contributed by atoms with E-state index in [4.69, 9.17) is 23.2 Å². The number of carbonyl (C=O) groups excluding carboxylic acids is 2. The lowest BCUT2D eigenvalue weighted by atomic mass is 10.1. The highest BCUT2D eigenvalue weighted by Gasteiger charge is 2.21. The van der Waals surface area contributed by atoms with E-state index in [2.05, 4.69) is 10.3 Å². The Balaban J connectivity index is 1.70. The van der Waals surface area contributed by atoms with Crippen LogP contribution in [0.15, 0.2) is 53.9 Å². The average Bonchev–Trinajstić information content (AvgIpc) is 3.17. The molecule has 2 aromatic carbocycles. The first-order valence-corrected chi connectivity index (χ1v) is 11.0. The number of halogens is 2. The van der Waals surface area contributed by atoms with Crippen molar-refractivity contribution in [1.82, 2.24) is 9.88 Å². The molecule has 3 aromatic rings. The first kappa shape index (κ1) is 22.3. The summed E-state index contributed by atoms with van der Waals surface area (Å²) < 4.78 is 0. The van der Waals surface area contributed by atoms with Gasteiger partial charge in [0.1, 0.15) is 6.54 Å². The molecule has 0 unspecified atom stereocenters. The largest absolute Gasteiger partial charge is 0.329 e. The highest BCUT2D eigenvalue weighted by molar-refractivity contribution is 7.14. The third kappa shape index (κ3) is 5.81. The van der Waals surface area contributed by atoms with E-state index in [0.717, 1.165) is 11.3 Å². The molecule has 0 aliphatic carbocycles. The molecule has 1 N–H and O–H groups in total. The second-order valence-electron chi connectivity index (χ2n) is 7.16. The molecule has 1 heterocycles. The van der Waals surface area contributed by atoms with Gasteiger partial charge in [0.05, 0.1) is 15.7 Å². The van der Waals surface area contributed by atoms with Crippen LogP contribution in [0.25, 0.3) is 11.3 Å². The van der Waals surface area contributed by atoms with Crippen molar-refractivity contribution in [3.8, 4) is 11.3 Å². The van der Waals surface area contributed by atoms with Crippen LogP contribution in [0.3, 0.4) is 0 Å². The molecule has 0 aliphatic heterocycles. The summed E-state index contributed by atoms with van der Waals surface area (Å²) in [6.07, 6.45) is 0. The fourth-order valence-electron chi connectivity index (χ4n) is 2.88. The number of nitrogens with one attached hydrogen (secondary N) is 1. The van der Waals surface area contributed by atoms with Crippen LogP contribution < -0.4 is 5.32 Å². The van der Waals surface area contributed by atoms with Crippen LogP contribution in [-0.4, -0.2) is 34.8 Å². The zero-order valence-corrected chi connectivity index (χ0v) is 18.9. The maximum atomic E-state index is 13.0. The second-order valence-corrected chi connectivity index (χ2v) is 8.83. The average molecular weight is 462 g/mol. The van der Waals surface area contributed by atoms with Gasteiger partial charge in [0.2, 0.25) is 5.91 Å². The number of aromatic nitrogens is 1. The lowest BCUT2D eigenvalue weighted by Gasteiger charge is -2.24. The molecule has 0 atom stereocenters. The van der Waals surface area contributed by atoms with Crippen molar-refractivity contribution in [2.45, 2.75) is 13.8 Å². The quantitative estimate of drug-likeness (QED) is 0.479. The monoisotopic (exact) mass is 461 g/mol. The van der Waals surface area contributed by atoms with Gasteiger partial charge in [0, 0.05) is 23.1 Å². The summed E-state index contributed by atoms with van der Waals surface area (Å²) >= 11 is 13.3. The number of hydrogen-bond acceptors (Lipinski definition) is 4. The van der Waals surface area contributed by atoms with Gasteiger partial charge >= 0.3 is 0 Å². The number of hydrogen-bond donors (Lipinski definition) is 1. The molecule has 0 bridgehead atoms. The molecule has 0 fully saturated rings. The van der Waals surface area contributed by atoms with Gasteiger partial charge in [-0.2, -0.15) is 0 Å². The van der Waals surface area contributed by atoms with E-state index in [1.807, 2.05) is 49.6 Å². The third-order valence-electron chi connectivity index (χ3n) is 4.19. The Kier molecular flexibility index (Phi) is 7.48. The molecular weight excluding hydrogens is 441 g/mol. The Morgan fingerprint density at radius 1 is 1.10 bits per heavy atom. The molecule has 0 aliphatic rings. The van der Waals surface area contributed by atoms with E-state index in [1.165, 1.54) is 22.3 Å². The lowest BCUT2D eigenvalue weighted by molar-refractivity contribution is -0.117. The summed E-state index contributed by atoms with van der Waals surface area (Å²) in [7, 11) is 0. The van der Waals surface area contributed by atoms with Crippen LogP contribution in [0, 0.1) is 5.92 Å². The topological polar surface area (TPSA) is 62.3 Å². The third-order valence-corrected chi connectivity index (χ3v) is 5.69. The van der Waals surface area contributed by atoms with Crippen LogP contribution in [-0.2, 0) is 4.79 Å². The standard InChI is InChI=1S/C22H21Cl2N3O2S/c1-14(2)11-27(21(29)16-8-9-17(23)18(24)10-16)12-20(28)26-22-25-19(13-30-22)15-6-4-3-5-7-15/h3-10,13-14H,11-12H2,1-2H3,(H,25,26,28). The summed E-state index contributed by atoms with van der Waals surface area (Å²) in [4.78, 5) is 31.5. The highest BCUT2D eigenvalue weighted by Crippen LogP contribution is 2.25. The van der Waals surface area contributed by atoms with Crippen molar-refractivity contribution in [1.29, 1.82) is 0 Å². The summed E-state index contributed by atoms with van der Waals surface area (Å²) in [5.74, 6) is -0.395. The number of rotatable bonds is 7. The smallest absolute Gasteiger partial charge is 0.254 e. The molecule has 0 saturated heterocycles. The fraction of sp³-hybridized carbons (Fsp3) is 0.227. The Bertz CT molecular complexity index is 1040. The number of benzene rings is 2. The van der Waals surface area contributed by atoms with Crippen molar-refractivity contribution >= 4 is 51.5 Å². The predicted molar refractivity (Wildman–Crippen MR) is 123 cm³/mol. The summed E-state index contributed by atoms with van der Waals surface area (Å²) in [6.45, 7) is 4.32. The molecule has 8 heteroatoms. The lowest BCUT2D eigenvalue weighted by Crippen LogP contribution is -2.40. The zero-order valence-electron chi connectivity index (χ0n) is 16.6. The van der Waals surface area contributed by atoms with Gasteiger partial charge in [0.25, 0.3) is 5.91 Å². The van der Waals surface area contributed by atoms with E-state index < -0.39 is 0 Å². The molecular formula is C22H21Cl2N3O2S. The van der Waals surface area contributed by atoms with Gasteiger partial charge in [-0.15, -0.1) is 11.3 Å². The minimum atomic E-state index is -0.307.